The van der Waals surface area contributed by atoms with Crippen LogP contribution in [0.5, 0.6) is 0 Å². The van der Waals surface area contributed by atoms with E-state index >= 15 is 0 Å². The van der Waals surface area contributed by atoms with Crippen molar-refractivity contribution in [2.45, 2.75) is 40.0 Å². The predicted octanol–water partition coefficient (Wildman–Crippen LogP) is 2.65. The van der Waals surface area contributed by atoms with Gasteiger partial charge in [-0.1, -0.05) is 20.8 Å². The summed E-state index contributed by atoms with van der Waals surface area (Å²) < 4.78 is 0. The standard InChI is InChI=1S/C10H18O/c1-8-4-5-9(7-11)10(2,3)6-8/h7-9H,4-6H2,1-3H3. The second-order valence-electron chi connectivity index (χ2n) is 4.62. The predicted molar refractivity (Wildman–Crippen MR) is 46.4 cm³/mol. The van der Waals surface area contributed by atoms with E-state index in [9.17, 15) is 4.79 Å². The highest BCUT2D eigenvalue weighted by atomic mass is 16.1. The first-order chi connectivity index (χ1) is 5.06. The molecule has 0 aromatic carbocycles. The molecule has 0 aromatic rings. The number of rotatable bonds is 1. The fraction of sp³-hybridized carbons (Fsp3) is 0.900. The maximum absolute atomic E-state index is 10.7. The van der Waals surface area contributed by atoms with E-state index in [4.69, 9.17) is 0 Å². The third kappa shape index (κ3) is 1.82. The molecule has 0 amide bonds. The minimum atomic E-state index is 0.249. The van der Waals surface area contributed by atoms with E-state index in [2.05, 4.69) is 20.8 Å². The van der Waals surface area contributed by atoms with E-state index in [1.807, 2.05) is 0 Å². The average Bonchev–Trinajstić information content (AvgIpc) is 1.85. The highest BCUT2D eigenvalue weighted by Gasteiger charge is 2.34. The van der Waals surface area contributed by atoms with Crippen LogP contribution >= 0.6 is 0 Å². The van der Waals surface area contributed by atoms with E-state index in [0.29, 0.717) is 5.92 Å². The van der Waals surface area contributed by atoms with Crippen molar-refractivity contribution in [1.82, 2.24) is 0 Å². The van der Waals surface area contributed by atoms with Gasteiger partial charge in [0.1, 0.15) is 6.29 Å². The van der Waals surface area contributed by atoms with Crippen molar-refractivity contribution in [1.29, 1.82) is 0 Å². The Morgan fingerprint density at radius 1 is 1.36 bits per heavy atom. The van der Waals surface area contributed by atoms with Crippen molar-refractivity contribution < 1.29 is 4.79 Å². The molecule has 0 aliphatic heterocycles. The molecule has 0 saturated heterocycles. The quantitative estimate of drug-likeness (QED) is 0.531. The lowest BCUT2D eigenvalue weighted by molar-refractivity contribution is -0.116. The second kappa shape index (κ2) is 2.96. The molecule has 1 rings (SSSR count). The van der Waals surface area contributed by atoms with Crippen molar-refractivity contribution in [3.63, 3.8) is 0 Å². The molecule has 2 atom stereocenters. The first-order valence-corrected chi connectivity index (χ1v) is 4.51. The lowest BCUT2D eigenvalue weighted by Crippen LogP contribution is -2.32. The van der Waals surface area contributed by atoms with Crippen LogP contribution in [-0.4, -0.2) is 6.29 Å². The number of hydrogen-bond donors (Lipinski definition) is 0. The van der Waals surface area contributed by atoms with Gasteiger partial charge in [-0.25, -0.2) is 0 Å². The SMILES string of the molecule is CC1CCC(C=O)C(C)(C)C1. The van der Waals surface area contributed by atoms with Crippen LogP contribution < -0.4 is 0 Å². The van der Waals surface area contributed by atoms with Gasteiger partial charge in [0.2, 0.25) is 0 Å². The molecule has 11 heavy (non-hydrogen) atoms. The second-order valence-corrected chi connectivity index (χ2v) is 4.62. The monoisotopic (exact) mass is 154 g/mol. The highest BCUT2D eigenvalue weighted by Crippen LogP contribution is 2.41. The summed E-state index contributed by atoms with van der Waals surface area (Å²) in [6.07, 6.45) is 4.67. The molecule has 0 radical (unpaired) electrons. The van der Waals surface area contributed by atoms with Crippen molar-refractivity contribution in [3.05, 3.63) is 0 Å². The Kier molecular flexibility index (Phi) is 2.36. The van der Waals surface area contributed by atoms with Gasteiger partial charge in [-0.2, -0.15) is 0 Å². The molecule has 0 aromatic heterocycles. The molecule has 1 fully saturated rings. The van der Waals surface area contributed by atoms with E-state index < -0.39 is 0 Å². The van der Waals surface area contributed by atoms with E-state index in [-0.39, 0.29) is 5.41 Å². The molecular formula is C10H18O. The van der Waals surface area contributed by atoms with Crippen LogP contribution in [0.25, 0.3) is 0 Å². The zero-order valence-corrected chi connectivity index (χ0v) is 7.76. The summed E-state index contributed by atoms with van der Waals surface area (Å²) in [5.74, 6) is 1.11. The zero-order valence-electron chi connectivity index (χ0n) is 7.76. The summed E-state index contributed by atoms with van der Waals surface area (Å²) >= 11 is 0. The van der Waals surface area contributed by atoms with Crippen molar-refractivity contribution >= 4 is 6.29 Å². The molecule has 1 aliphatic carbocycles. The zero-order chi connectivity index (χ0) is 8.48. The Hall–Kier alpha value is -0.330. The smallest absolute Gasteiger partial charge is 0.123 e. The average molecular weight is 154 g/mol. The maximum Gasteiger partial charge on any atom is 0.123 e. The van der Waals surface area contributed by atoms with Gasteiger partial charge in [0.25, 0.3) is 0 Å². The number of carbonyl (C=O) groups excluding carboxylic acids is 1. The number of carbonyl (C=O) groups is 1. The first kappa shape index (κ1) is 8.76. The van der Waals surface area contributed by atoms with Crippen LogP contribution in [-0.2, 0) is 4.79 Å². The normalized spacial score (nSPS) is 36.6. The largest absolute Gasteiger partial charge is 0.303 e. The van der Waals surface area contributed by atoms with Gasteiger partial charge in [0.15, 0.2) is 0 Å². The Morgan fingerprint density at radius 2 is 2.00 bits per heavy atom. The maximum atomic E-state index is 10.7. The Balaban J connectivity index is 2.63. The molecule has 0 bridgehead atoms. The molecule has 1 saturated carbocycles. The molecule has 0 N–H and O–H groups in total. The van der Waals surface area contributed by atoms with Crippen LogP contribution in [0.3, 0.4) is 0 Å². The van der Waals surface area contributed by atoms with Crippen LogP contribution in [0.1, 0.15) is 40.0 Å². The fourth-order valence-corrected chi connectivity index (χ4v) is 2.26. The molecule has 0 spiro atoms. The van der Waals surface area contributed by atoms with Gasteiger partial charge in [-0.05, 0) is 30.6 Å². The molecule has 1 aliphatic rings. The minimum absolute atomic E-state index is 0.249. The summed E-state index contributed by atoms with van der Waals surface area (Å²) in [6, 6.07) is 0. The molecule has 64 valence electrons. The Labute approximate surface area is 69.2 Å². The van der Waals surface area contributed by atoms with Crippen molar-refractivity contribution in [3.8, 4) is 0 Å². The summed E-state index contributed by atoms with van der Waals surface area (Å²) in [6.45, 7) is 6.70. The van der Waals surface area contributed by atoms with Crippen LogP contribution in [0.2, 0.25) is 0 Å². The van der Waals surface area contributed by atoms with Crippen molar-refractivity contribution in [2.75, 3.05) is 0 Å². The Morgan fingerprint density at radius 3 is 2.45 bits per heavy atom. The molecule has 1 heteroatoms. The van der Waals surface area contributed by atoms with Gasteiger partial charge in [0.05, 0.1) is 0 Å². The minimum Gasteiger partial charge on any atom is -0.303 e. The Bertz CT molecular complexity index is 149. The van der Waals surface area contributed by atoms with Crippen LogP contribution in [0, 0.1) is 17.3 Å². The summed E-state index contributed by atoms with van der Waals surface area (Å²) in [5.41, 5.74) is 0.249. The highest BCUT2D eigenvalue weighted by molar-refractivity contribution is 5.55. The molecule has 0 heterocycles. The lowest BCUT2D eigenvalue weighted by atomic mass is 9.66. The van der Waals surface area contributed by atoms with E-state index in [1.165, 1.54) is 12.8 Å². The van der Waals surface area contributed by atoms with E-state index in [1.54, 1.807) is 0 Å². The molecule has 1 nitrogen and oxygen atoms in total. The molecular weight excluding hydrogens is 136 g/mol. The van der Waals surface area contributed by atoms with Gasteiger partial charge in [-0.15, -0.1) is 0 Å². The third-order valence-corrected chi connectivity index (χ3v) is 3.01. The number of hydrogen-bond acceptors (Lipinski definition) is 1. The third-order valence-electron chi connectivity index (χ3n) is 3.01. The molecule has 2 unspecified atom stereocenters. The number of aldehydes is 1. The van der Waals surface area contributed by atoms with Gasteiger partial charge in [-0.3, -0.25) is 0 Å². The lowest BCUT2D eigenvalue weighted by Gasteiger charge is -2.38. The fourth-order valence-electron chi connectivity index (χ4n) is 2.26. The van der Waals surface area contributed by atoms with Gasteiger partial charge < -0.3 is 4.79 Å². The summed E-state index contributed by atoms with van der Waals surface area (Å²) in [5, 5.41) is 0. The van der Waals surface area contributed by atoms with Crippen LogP contribution in [0.4, 0.5) is 0 Å². The summed E-state index contributed by atoms with van der Waals surface area (Å²) in [4.78, 5) is 10.7. The van der Waals surface area contributed by atoms with Crippen molar-refractivity contribution in [2.24, 2.45) is 17.3 Å². The topological polar surface area (TPSA) is 17.1 Å². The summed E-state index contributed by atoms with van der Waals surface area (Å²) in [7, 11) is 0. The first-order valence-electron chi connectivity index (χ1n) is 4.51. The van der Waals surface area contributed by atoms with Gasteiger partial charge in [0, 0.05) is 5.92 Å². The van der Waals surface area contributed by atoms with Crippen LogP contribution in [0.15, 0.2) is 0 Å². The van der Waals surface area contributed by atoms with Gasteiger partial charge >= 0.3 is 0 Å². The van der Waals surface area contributed by atoms with E-state index in [0.717, 1.165) is 18.6 Å².